The molecule has 17 heavy (non-hydrogen) atoms. The summed E-state index contributed by atoms with van der Waals surface area (Å²) >= 11 is 0. The fourth-order valence-corrected chi connectivity index (χ4v) is 5.29. The van der Waals surface area contributed by atoms with Crippen molar-refractivity contribution in [3.05, 3.63) is 0 Å². The number of rotatable bonds is 5. The lowest BCUT2D eigenvalue weighted by atomic mass is 10.1. The molecule has 0 spiro atoms. The van der Waals surface area contributed by atoms with E-state index in [-0.39, 0.29) is 24.1 Å². The van der Waals surface area contributed by atoms with E-state index in [4.69, 9.17) is 5.73 Å². The molecule has 0 aromatic heterocycles. The van der Waals surface area contributed by atoms with Crippen LogP contribution in [-0.4, -0.2) is 58.0 Å². The molecule has 8 heteroatoms. The summed E-state index contributed by atoms with van der Waals surface area (Å²) in [5, 5.41) is 0. The topological polar surface area (TPSA) is 97.5 Å². The maximum atomic E-state index is 12.0. The monoisotopic (exact) mass is 284 g/mol. The van der Waals surface area contributed by atoms with Gasteiger partial charge < -0.3 is 5.73 Å². The van der Waals surface area contributed by atoms with Gasteiger partial charge in [0.05, 0.1) is 11.5 Å². The Morgan fingerprint density at radius 1 is 1.18 bits per heavy atom. The van der Waals surface area contributed by atoms with Crippen LogP contribution in [0.2, 0.25) is 0 Å². The van der Waals surface area contributed by atoms with Crippen molar-refractivity contribution in [3.8, 4) is 0 Å². The summed E-state index contributed by atoms with van der Waals surface area (Å²) < 4.78 is 47.4. The summed E-state index contributed by atoms with van der Waals surface area (Å²) in [6.07, 6.45) is 3.59. The molecule has 1 heterocycles. The highest BCUT2D eigenvalue weighted by Gasteiger charge is 2.31. The van der Waals surface area contributed by atoms with Gasteiger partial charge in [0.1, 0.15) is 9.84 Å². The third kappa shape index (κ3) is 4.53. The lowest BCUT2D eigenvalue weighted by Crippen LogP contribution is -2.48. The van der Waals surface area contributed by atoms with Crippen LogP contribution in [0.5, 0.6) is 0 Å². The third-order valence-corrected chi connectivity index (χ3v) is 6.03. The van der Waals surface area contributed by atoms with Crippen LogP contribution >= 0.6 is 0 Å². The molecular formula is C9H20N2O4S2. The van der Waals surface area contributed by atoms with Gasteiger partial charge in [-0.1, -0.05) is 6.42 Å². The van der Waals surface area contributed by atoms with Crippen LogP contribution in [-0.2, 0) is 19.9 Å². The van der Waals surface area contributed by atoms with Gasteiger partial charge in [0, 0.05) is 25.4 Å². The van der Waals surface area contributed by atoms with Gasteiger partial charge in [-0.2, -0.15) is 4.31 Å². The largest absolute Gasteiger partial charge is 0.329 e. The third-order valence-electron chi connectivity index (χ3n) is 2.91. The molecule has 0 bridgehead atoms. The van der Waals surface area contributed by atoms with Crippen molar-refractivity contribution in [3.63, 3.8) is 0 Å². The highest BCUT2D eigenvalue weighted by atomic mass is 32.2. The van der Waals surface area contributed by atoms with Gasteiger partial charge in [-0.3, -0.25) is 0 Å². The first kappa shape index (κ1) is 14.9. The van der Waals surface area contributed by atoms with Crippen molar-refractivity contribution < 1.29 is 16.8 Å². The Kier molecular flexibility index (Phi) is 4.94. The minimum atomic E-state index is -3.50. The standard InChI is InChI=1S/C9H20N2O4S2/c1-16(12,13)6-7-17(14,15)11-5-3-2-4-9(11)8-10/h9H,2-8,10H2,1H3. The van der Waals surface area contributed by atoms with Crippen molar-refractivity contribution in [2.75, 3.05) is 30.9 Å². The summed E-state index contributed by atoms with van der Waals surface area (Å²) in [6.45, 7) is 0.742. The fourth-order valence-electron chi connectivity index (χ4n) is 1.95. The summed E-state index contributed by atoms with van der Waals surface area (Å²) in [4.78, 5) is 0. The molecule has 0 aliphatic carbocycles. The maximum Gasteiger partial charge on any atom is 0.215 e. The van der Waals surface area contributed by atoms with E-state index in [2.05, 4.69) is 0 Å². The first-order chi connectivity index (χ1) is 7.76. The van der Waals surface area contributed by atoms with Gasteiger partial charge in [0.25, 0.3) is 0 Å². The van der Waals surface area contributed by atoms with Gasteiger partial charge in [-0.05, 0) is 12.8 Å². The number of sulfone groups is 1. The van der Waals surface area contributed by atoms with Crippen molar-refractivity contribution >= 4 is 19.9 Å². The van der Waals surface area contributed by atoms with Gasteiger partial charge in [0.15, 0.2) is 0 Å². The van der Waals surface area contributed by atoms with Gasteiger partial charge in [-0.25, -0.2) is 16.8 Å². The highest BCUT2D eigenvalue weighted by Crippen LogP contribution is 2.20. The molecular weight excluding hydrogens is 264 g/mol. The molecule has 1 aliphatic heterocycles. The zero-order chi connectivity index (χ0) is 13.1. The number of piperidine rings is 1. The van der Waals surface area contributed by atoms with Gasteiger partial charge >= 0.3 is 0 Å². The molecule has 1 unspecified atom stereocenters. The van der Waals surface area contributed by atoms with Crippen LogP contribution in [0.1, 0.15) is 19.3 Å². The van der Waals surface area contributed by atoms with Crippen LogP contribution in [0, 0.1) is 0 Å². The first-order valence-corrected chi connectivity index (χ1v) is 9.30. The van der Waals surface area contributed by atoms with E-state index in [0.29, 0.717) is 6.54 Å². The molecule has 1 aliphatic rings. The van der Waals surface area contributed by atoms with E-state index < -0.39 is 19.9 Å². The molecule has 0 amide bonds. The lowest BCUT2D eigenvalue weighted by Gasteiger charge is -2.33. The SMILES string of the molecule is CS(=O)(=O)CCS(=O)(=O)N1CCCCC1CN. The van der Waals surface area contributed by atoms with Gasteiger partial charge in [-0.15, -0.1) is 0 Å². The Morgan fingerprint density at radius 3 is 2.35 bits per heavy atom. The average Bonchev–Trinajstić information content (AvgIpc) is 2.26. The Balaban J connectivity index is 2.74. The predicted octanol–water partition coefficient (Wildman–Crippen LogP) is -0.826. The summed E-state index contributed by atoms with van der Waals surface area (Å²) in [6, 6.07) is -0.173. The molecule has 0 aromatic carbocycles. The Bertz CT molecular complexity index is 444. The van der Waals surface area contributed by atoms with Crippen LogP contribution in [0.3, 0.4) is 0 Å². The Labute approximate surface area is 103 Å². The Hall–Kier alpha value is -0.180. The predicted molar refractivity (Wildman–Crippen MR) is 66.9 cm³/mol. The first-order valence-electron chi connectivity index (χ1n) is 5.63. The van der Waals surface area contributed by atoms with E-state index in [1.807, 2.05) is 0 Å². The molecule has 1 fully saturated rings. The Morgan fingerprint density at radius 2 is 1.82 bits per heavy atom. The zero-order valence-corrected chi connectivity index (χ0v) is 11.6. The second-order valence-electron chi connectivity index (χ2n) is 4.44. The number of nitrogens with zero attached hydrogens (tertiary/aromatic N) is 1. The van der Waals surface area contributed by atoms with Crippen molar-refractivity contribution in [2.24, 2.45) is 5.73 Å². The van der Waals surface area contributed by atoms with Gasteiger partial charge in [0.2, 0.25) is 10.0 Å². The quantitative estimate of drug-likeness (QED) is 0.711. The second kappa shape index (κ2) is 5.64. The summed E-state index contributed by atoms with van der Waals surface area (Å²) in [7, 11) is -6.76. The molecule has 6 nitrogen and oxygen atoms in total. The summed E-state index contributed by atoms with van der Waals surface area (Å²) in [5.74, 6) is -0.675. The zero-order valence-electron chi connectivity index (χ0n) is 10.0. The molecule has 2 N–H and O–H groups in total. The highest BCUT2D eigenvalue weighted by molar-refractivity contribution is 7.93. The lowest BCUT2D eigenvalue weighted by molar-refractivity contribution is 0.258. The second-order valence-corrected chi connectivity index (χ2v) is 8.74. The molecule has 0 saturated carbocycles. The van der Waals surface area contributed by atoms with Crippen LogP contribution < -0.4 is 5.73 Å². The number of nitrogens with two attached hydrogens (primary N) is 1. The van der Waals surface area contributed by atoms with Crippen LogP contribution in [0.4, 0.5) is 0 Å². The number of sulfonamides is 1. The molecule has 1 saturated heterocycles. The van der Waals surface area contributed by atoms with E-state index in [0.717, 1.165) is 25.5 Å². The smallest absolute Gasteiger partial charge is 0.215 e. The molecule has 1 rings (SSSR count). The molecule has 0 radical (unpaired) electrons. The fraction of sp³-hybridized carbons (Fsp3) is 1.00. The minimum absolute atomic E-state index is 0.173. The van der Waals surface area contributed by atoms with E-state index in [9.17, 15) is 16.8 Å². The van der Waals surface area contributed by atoms with Crippen molar-refractivity contribution in [2.45, 2.75) is 25.3 Å². The average molecular weight is 284 g/mol. The normalized spacial score (nSPS) is 23.8. The van der Waals surface area contributed by atoms with E-state index >= 15 is 0 Å². The number of hydrogen-bond acceptors (Lipinski definition) is 5. The van der Waals surface area contributed by atoms with E-state index in [1.54, 1.807) is 0 Å². The van der Waals surface area contributed by atoms with Crippen LogP contribution in [0.15, 0.2) is 0 Å². The van der Waals surface area contributed by atoms with Crippen molar-refractivity contribution in [1.29, 1.82) is 0 Å². The molecule has 1 atom stereocenters. The van der Waals surface area contributed by atoms with E-state index in [1.165, 1.54) is 4.31 Å². The maximum absolute atomic E-state index is 12.0. The molecule has 102 valence electrons. The minimum Gasteiger partial charge on any atom is -0.329 e. The number of hydrogen-bond donors (Lipinski definition) is 1. The summed E-state index contributed by atoms with van der Waals surface area (Å²) in [5.41, 5.74) is 5.55. The van der Waals surface area contributed by atoms with Crippen LogP contribution in [0.25, 0.3) is 0 Å². The van der Waals surface area contributed by atoms with Crippen molar-refractivity contribution in [1.82, 2.24) is 4.31 Å². The molecule has 0 aromatic rings.